The molecule has 3 nitrogen and oxygen atoms in total. The van der Waals surface area contributed by atoms with Gasteiger partial charge in [0.15, 0.2) is 0 Å². The molecule has 1 unspecified atom stereocenters. The van der Waals surface area contributed by atoms with Crippen molar-refractivity contribution in [2.45, 2.75) is 59.1 Å². The Balaban J connectivity index is 2.65. The predicted molar refractivity (Wildman–Crippen MR) is 88.5 cm³/mol. The van der Waals surface area contributed by atoms with Crippen LogP contribution in [0.15, 0.2) is 18.2 Å². The lowest BCUT2D eigenvalue weighted by Crippen LogP contribution is -2.38. The smallest absolute Gasteiger partial charge is 0.0802 e. The topological polar surface area (TPSA) is 43.7 Å². The highest BCUT2D eigenvalue weighted by atomic mass is 16.3. The first kappa shape index (κ1) is 18.1. The van der Waals surface area contributed by atoms with Crippen LogP contribution in [0.4, 0.5) is 0 Å². The van der Waals surface area contributed by atoms with Crippen LogP contribution in [0.3, 0.4) is 0 Å². The summed E-state index contributed by atoms with van der Waals surface area (Å²) in [6.07, 6.45) is 2.44. The summed E-state index contributed by atoms with van der Waals surface area (Å²) in [5.74, 6) is 0. The third-order valence-electron chi connectivity index (χ3n) is 4.16. The number of nitrogens with zero attached hydrogens (tertiary/aromatic N) is 1. The molecule has 0 spiro atoms. The van der Waals surface area contributed by atoms with E-state index in [9.17, 15) is 10.2 Å². The molecule has 1 rings (SSSR count). The van der Waals surface area contributed by atoms with E-state index in [1.807, 2.05) is 0 Å². The molecule has 0 saturated carbocycles. The predicted octanol–water partition coefficient (Wildman–Crippen LogP) is 3.21. The lowest BCUT2D eigenvalue weighted by Gasteiger charge is -2.30. The van der Waals surface area contributed by atoms with E-state index in [4.69, 9.17) is 0 Å². The van der Waals surface area contributed by atoms with E-state index < -0.39 is 6.10 Å². The molecule has 0 saturated heterocycles. The molecule has 0 aliphatic heterocycles. The summed E-state index contributed by atoms with van der Waals surface area (Å²) in [6, 6.07) is 6.73. The fourth-order valence-corrected chi connectivity index (χ4v) is 3.07. The van der Waals surface area contributed by atoms with Crippen molar-refractivity contribution in [3.05, 3.63) is 34.9 Å². The Morgan fingerprint density at radius 1 is 1.00 bits per heavy atom. The fourth-order valence-electron chi connectivity index (χ4n) is 3.07. The van der Waals surface area contributed by atoms with Crippen LogP contribution in [-0.2, 0) is 0 Å². The minimum atomic E-state index is -0.431. The van der Waals surface area contributed by atoms with Crippen molar-refractivity contribution >= 4 is 0 Å². The van der Waals surface area contributed by atoms with Crippen LogP contribution in [0.1, 0.15) is 55.9 Å². The zero-order valence-electron chi connectivity index (χ0n) is 14.0. The largest absolute Gasteiger partial charge is 0.395 e. The van der Waals surface area contributed by atoms with Crippen molar-refractivity contribution in [2.75, 3.05) is 19.7 Å². The number of aryl methyl sites for hydroxylation is 2. The van der Waals surface area contributed by atoms with Crippen LogP contribution in [0.2, 0.25) is 0 Å². The Bertz CT molecular complexity index is 395. The standard InChI is InChI=1S/C18H31NO2/c1-5-17(6-2)19(9-10-20)8-7-18(21)16-12-14(3)11-15(4)13-16/h11-13,17-18,20-21H,5-10H2,1-4H3. The maximum atomic E-state index is 10.4. The number of aliphatic hydroxyl groups excluding tert-OH is 2. The highest BCUT2D eigenvalue weighted by Gasteiger charge is 2.17. The molecule has 0 fully saturated rings. The molecule has 0 amide bonds. The summed E-state index contributed by atoms with van der Waals surface area (Å²) in [4.78, 5) is 2.30. The summed E-state index contributed by atoms with van der Waals surface area (Å²) < 4.78 is 0. The summed E-state index contributed by atoms with van der Waals surface area (Å²) in [5.41, 5.74) is 3.38. The molecular weight excluding hydrogens is 262 g/mol. The molecule has 1 atom stereocenters. The van der Waals surface area contributed by atoms with Crippen molar-refractivity contribution in [2.24, 2.45) is 0 Å². The number of hydrogen-bond acceptors (Lipinski definition) is 3. The maximum absolute atomic E-state index is 10.4. The third-order valence-corrected chi connectivity index (χ3v) is 4.16. The van der Waals surface area contributed by atoms with Gasteiger partial charge < -0.3 is 10.2 Å². The minimum Gasteiger partial charge on any atom is -0.395 e. The SMILES string of the molecule is CCC(CC)N(CCO)CCC(O)c1cc(C)cc(C)c1. The van der Waals surface area contributed by atoms with Gasteiger partial charge in [-0.15, -0.1) is 0 Å². The monoisotopic (exact) mass is 293 g/mol. The number of rotatable bonds is 9. The van der Waals surface area contributed by atoms with E-state index in [1.54, 1.807) is 0 Å². The van der Waals surface area contributed by atoms with E-state index >= 15 is 0 Å². The molecule has 21 heavy (non-hydrogen) atoms. The second-order valence-corrected chi connectivity index (χ2v) is 5.96. The molecule has 3 heteroatoms. The number of benzene rings is 1. The van der Waals surface area contributed by atoms with Crippen LogP contribution in [0, 0.1) is 13.8 Å². The highest BCUT2D eigenvalue weighted by Crippen LogP contribution is 2.21. The van der Waals surface area contributed by atoms with Gasteiger partial charge in [0.25, 0.3) is 0 Å². The second-order valence-electron chi connectivity index (χ2n) is 5.96. The summed E-state index contributed by atoms with van der Waals surface area (Å²) in [7, 11) is 0. The van der Waals surface area contributed by atoms with Crippen molar-refractivity contribution in [3.8, 4) is 0 Å². The Morgan fingerprint density at radius 2 is 1.57 bits per heavy atom. The molecule has 0 bridgehead atoms. The van der Waals surface area contributed by atoms with Gasteiger partial charge in [-0.3, -0.25) is 4.90 Å². The Hall–Kier alpha value is -0.900. The summed E-state index contributed by atoms with van der Waals surface area (Å²) in [6.45, 7) is 10.2. The van der Waals surface area contributed by atoms with Crippen molar-refractivity contribution < 1.29 is 10.2 Å². The fraction of sp³-hybridized carbons (Fsp3) is 0.667. The Kier molecular flexibility index (Phi) is 7.94. The first-order valence-electron chi connectivity index (χ1n) is 8.12. The average molecular weight is 293 g/mol. The molecule has 1 aromatic rings. The lowest BCUT2D eigenvalue weighted by molar-refractivity contribution is 0.104. The van der Waals surface area contributed by atoms with Crippen LogP contribution in [0.25, 0.3) is 0 Å². The van der Waals surface area contributed by atoms with E-state index in [0.717, 1.165) is 24.9 Å². The molecule has 0 aliphatic rings. The summed E-state index contributed by atoms with van der Waals surface area (Å²) >= 11 is 0. The van der Waals surface area contributed by atoms with Gasteiger partial charge in [0.05, 0.1) is 12.7 Å². The zero-order chi connectivity index (χ0) is 15.8. The zero-order valence-corrected chi connectivity index (χ0v) is 14.0. The molecule has 0 aliphatic carbocycles. The number of aliphatic hydroxyl groups is 2. The Labute approximate surface area is 129 Å². The highest BCUT2D eigenvalue weighted by molar-refractivity contribution is 5.29. The van der Waals surface area contributed by atoms with Gasteiger partial charge in [-0.2, -0.15) is 0 Å². The first-order valence-corrected chi connectivity index (χ1v) is 8.12. The van der Waals surface area contributed by atoms with E-state index in [0.29, 0.717) is 19.0 Å². The van der Waals surface area contributed by atoms with Crippen molar-refractivity contribution in [1.82, 2.24) is 4.90 Å². The van der Waals surface area contributed by atoms with E-state index in [-0.39, 0.29) is 6.61 Å². The Morgan fingerprint density at radius 3 is 2.05 bits per heavy atom. The number of hydrogen-bond donors (Lipinski definition) is 2. The molecule has 120 valence electrons. The third kappa shape index (κ3) is 5.77. The van der Waals surface area contributed by atoms with Gasteiger partial charge in [0.1, 0.15) is 0 Å². The van der Waals surface area contributed by atoms with Crippen LogP contribution in [0.5, 0.6) is 0 Å². The molecule has 0 radical (unpaired) electrons. The summed E-state index contributed by atoms with van der Waals surface area (Å²) in [5, 5.41) is 19.7. The average Bonchev–Trinajstić information content (AvgIpc) is 2.44. The van der Waals surface area contributed by atoms with Crippen molar-refractivity contribution in [3.63, 3.8) is 0 Å². The van der Waals surface area contributed by atoms with Crippen LogP contribution < -0.4 is 0 Å². The molecular formula is C18H31NO2. The van der Waals surface area contributed by atoms with Crippen molar-refractivity contribution in [1.29, 1.82) is 0 Å². The molecule has 1 aromatic carbocycles. The molecule has 0 heterocycles. The van der Waals surface area contributed by atoms with Crippen LogP contribution >= 0.6 is 0 Å². The minimum absolute atomic E-state index is 0.177. The van der Waals surface area contributed by atoms with Gasteiger partial charge in [-0.1, -0.05) is 43.2 Å². The van der Waals surface area contributed by atoms with Crippen LogP contribution in [-0.4, -0.2) is 40.9 Å². The van der Waals surface area contributed by atoms with E-state index in [1.165, 1.54) is 11.1 Å². The van der Waals surface area contributed by atoms with Gasteiger partial charge in [-0.25, -0.2) is 0 Å². The lowest BCUT2D eigenvalue weighted by atomic mass is 10.0. The normalized spacial score (nSPS) is 13.1. The molecule has 0 aromatic heterocycles. The van der Waals surface area contributed by atoms with Gasteiger partial charge >= 0.3 is 0 Å². The van der Waals surface area contributed by atoms with Gasteiger partial charge in [0.2, 0.25) is 0 Å². The quantitative estimate of drug-likeness (QED) is 0.735. The molecule has 2 N–H and O–H groups in total. The maximum Gasteiger partial charge on any atom is 0.0802 e. The van der Waals surface area contributed by atoms with Gasteiger partial charge in [0, 0.05) is 19.1 Å². The second kappa shape index (κ2) is 9.19. The van der Waals surface area contributed by atoms with Gasteiger partial charge in [-0.05, 0) is 38.7 Å². The van der Waals surface area contributed by atoms with E-state index in [2.05, 4.69) is 50.8 Å². The first-order chi connectivity index (χ1) is 10.0.